The molecule has 2 aromatic carbocycles. The van der Waals surface area contributed by atoms with Gasteiger partial charge in [-0.15, -0.1) is 0 Å². The standard InChI is InChI=1S/C28H31N7O3/c29-12-14-30-27(38)20-3-1-19(2-4-20)24-9-13-31-28(33-24)32-21-5-7-22(8-6-21)34-15-10-23(11-16-34)35-17-25(36)26(37)18-35/h1-9,13,23,25-26,36-37H,10-11,14-18H2,(H,30,38)(H,31,32,33). The predicted molar refractivity (Wildman–Crippen MR) is 144 cm³/mol. The van der Waals surface area contributed by atoms with Crippen LogP contribution in [0.4, 0.5) is 17.3 Å². The van der Waals surface area contributed by atoms with Crippen LogP contribution in [0.2, 0.25) is 0 Å². The number of piperidine rings is 1. The molecule has 2 fully saturated rings. The normalized spacial score (nSPS) is 20.2. The maximum absolute atomic E-state index is 12.0. The van der Waals surface area contributed by atoms with Crippen LogP contribution in [0.1, 0.15) is 23.2 Å². The van der Waals surface area contributed by atoms with Crippen molar-refractivity contribution in [2.45, 2.75) is 31.1 Å². The number of aromatic nitrogens is 2. The number of anilines is 3. The molecule has 10 heteroatoms. The van der Waals surface area contributed by atoms with E-state index < -0.39 is 12.2 Å². The maximum atomic E-state index is 12.0. The van der Waals surface area contributed by atoms with Crippen LogP contribution in [0.15, 0.2) is 60.8 Å². The van der Waals surface area contributed by atoms with E-state index in [1.807, 2.05) is 36.4 Å². The number of nitrogens with zero attached hydrogens (tertiary/aromatic N) is 5. The van der Waals surface area contributed by atoms with Crippen molar-refractivity contribution >= 4 is 23.2 Å². The van der Waals surface area contributed by atoms with Gasteiger partial charge in [-0.3, -0.25) is 9.69 Å². The van der Waals surface area contributed by atoms with E-state index in [1.54, 1.807) is 18.3 Å². The second-order valence-corrected chi connectivity index (χ2v) is 9.66. The number of hydrogen-bond donors (Lipinski definition) is 4. The van der Waals surface area contributed by atoms with Crippen LogP contribution in [0.5, 0.6) is 0 Å². The first-order chi connectivity index (χ1) is 18.5. The molecule has 2 aliphatic rings. The third kappa shape index (κ3) is 5.92. The van der Waals surface area contributed by atoms with E-state index >= 15 is 0 Å². The zero-order valence-corrected chi connectivity index (χ0v) is 21.0. The third-order valence-electron chi connectivity index (χ3n) is 7.18. The predicted octanol–water partition coefficient (Wildman–Crippen LogP) is 2.15. The second kappa shape index (κ2) is 11.6. The molecule has 38 heavy (non-hydrogen) atoms. The summed E-state index contributed by atoms with van der Waals surface area (Å²) in [7, 11) is 0. The zero-order valence-electron chi connectivity index (χ0n) is 21.0. The molecule has 4 N–H and O–H groups in total. The van der Waals surface area contributed by atoms with E-state index in [-0.39, 0.29) is 12.5 Å². The Kier molecular flexibility index (Phi) is 7.79. The van der Waals surface area contributed by atoms with E-state index in [0.717, 1.165) is 48.6 Å². The zero-order chi connectivity index (χ0) is 26.5. The summed E-state index contributed by atoms with van der Waals surface area (Å²) >= 11 is 0. The highest BCUT2D eigenvalue weighted by atomic mass is 16.3. The van der Waals surface area contributed by atoms with Crippen molar-refractivity contribution in [3.8, 4) is 17.3 Å². The Balaban J connectivity index is 1.17. The molecule has 1 amide bonds. The smallest absolute Gasteiger partial charge is 0.252 e. The lowest BCUT2D eigenvalue weighted by molar-refractivity contribution is 0.0572. The van der Waals surface area contributed by atoms with Crippen molar-refractivity contribution < 1.29 is 15.0 Å². The quantitative estimate of drug-likeness (QED) is 0.350. The number of carbonyl (C=O) groups excluding carboxylic acids is 1. The minimum Gasteiger partial charge on any atom is -0.389 e. The Bertz CT molecular complexity index is 1280. The van der Waals surface area contributed by atoms with E-state index in [9.17, 15) is 15.0 Å². The van der Waals surface area contributed by atoms with E-state index in [1.165, 1.54) is 0 Å². The molecule has 2 unspecified atom stereocenters. The molecule has 2 atom stereocenters. The van der Waals surface area contributed by atoms with Gasteiger partial charge in [-0.2, -0.15) is 5.26 Å². The number of aliphatic hydroxyl groups excluding tert-OH is 2. The Morgan fingerprint density at radius 1 is 1.00 bits per heavy atom. The largest absolute Gasteiger partial charge is 0.389 e. The first-order valence-corrected chi connectivity index (χ1v) is 12.8. The topological polar surface area (TPSA) is 138 Å². The fourth-order valence-corrected chi connectivity index (χ4v) is 5.06. The summed E-state index contributed by atoms with van der Waals surface area (Å²) in [6.45, 7) is 2.95. The molecule has 0 spiro atoms. The summed E-state index contributed by atoms with van der Waals surface area (Å²) in [5, 5.41) is 34.1. The number of carbonyl (C=O) groups is 1. The number of rotatable bonds is 7. The molecule has 5 rings (SSSR count). The molecule has 196 valence electrons. The average Bonchev–Trinajstić information content (AvgIpc) is 3.30. The molecular weight excluding hydrogens is 482 g/mol. The van der Waals surface area contributed by atoms with E-state index in [0.29, 0.717) is 30.6 Å². The fourth-order valence-electron chi connectivity index (χ4n) is 5.06. The molecule has 2 aliphatic heterocycles. The number of amides is 1. The fraction of sp³-hybridized carbons (Fsp3) is 0.357. The summed E-state index contributed by atoms with van der Waals surface area (Å²) in [4.78, 5) is 25.5. The van der Waals surface area contributed by atoms with Gasteiger partial charge in [0.2, 0.25) is 5.95 Å². The Labute approximate surface area is 221 Å². The molecule has 1 aromatic heterocycles. The number of aliphatic hydroxyl groups is 2. The Hall–Kier alpha value is -4.04. The second-order valence-electron chi connectivity index (χ2n) is 9.66. The van der Waals surface area contributed by atoms with Gasteiger partial charge in [-0.05, 0) is 55.3 Å². The maximum Gasteiger partial charge on any atom is 0.252 e. The lowest BCUT2D eigenvalue weighted by Crippen LogP contribution is -2.44. The first kappa shape index (κ1) is 25.6. The van der Waals surface area contributed by atoms with Crippen LogP contribution in [-0.2, 0) is 0 Å². The number of benzene rings is 2. The SMILES string of the molecule is N#CCNC(=O)c1ccc(-c2ccnc(Nc3ccc(N4CCC(N5CC(O)C(O)C5)CC4)cc3)n2)cc1. The van der Waals surface area contributed by atoms with Gasteiger partial charge in [0.05, 0.1) is 24.0 Å². The Morgan fingerprint density at radius 2 is 1.68 bits per heavy atom. The lowest BCUT2D eigenvalue weighted by Gasteiger charge is -2.37. The minimum absolute atomic E-state index is 0.0305. The highest BCUT2D eigenvalue weighted by Gasteiger charge is 2.35. The van der Waals surface area contributed by atoms with E-state index in [4.69, 9.17) is 5.26 Å². The molecule has 10 nitrogen and oxygen atoms in total. The van der Waals surface area contributed by atoms with Gasteiger partial charge in [0.15, 0.2) is 0 Å². The Morgan fingerprint density at radius 3 is 2.34 bits per heavy atom. The van der Waals surface area contributed by atoms with Crippen molar-refractivity contribution in [1.29, 1.82) is 5.26 Å². The molecule has 0 radical (unpaired) electrons. The number of nitriles is 1. The van der Waals surface area contributed by atoms with Crippen LogP contribution in [0, 0.1) is 11.3 Å². The van der Waals surface area contributed by atoms with Gasteiger partial charge >= 0.3 is 0 Å². The highest BCUT2D eigenvalue weighted by molar-refractivity contribution is 5.94. The lowest BCUT2D eigenvalue weighted by atomic mass is 10.0. The van der Waals surface area contributed by atoms with Gasteiger partial charge in [-0.1, -0.05) is 12.1 Å². The number of nitrogens with one attached hydrogen (secondary N) is 2. The molecule has 2 saturated heterocycles. The first-order valence-electron chi connectivity index (χ1n) is 12.8. The molecule has 0 bridgehead atoms. The van der Waals surface area contributed by atoms with Crippen molar-refractivity contribution in [3.05, 3.63) is 66.4 Å². The van der Waals surface area contributed by atoms with Crippen LogP contribution in [0.25, 0.3) is 11.3 Å². The molecule has 0 saturated carbocycles. The van der Waals surface area contributed by atoms with Crippen molar-refractivity contribution in [3.63, 3.8) is 0 Å². The van der Waals surface area contributed by atoms with E-state index in [2.05, 4.69) is 42.5 Å². The highest BCUT2D eigenvalue weighted by Crippen LogP contribution is 2.27. The average molecular weight is 514 g/mol. The van der Waals surface area contributed by atoms with Crippen LogP contribution in [-0.4, -0.2) is 82.0 Å². The van der Waals surface area contributed by atoms with Gasteiger partial charge in [0.1, 0.15) is 6.54 Å². The van der Waals surface area contributed by atoms with Gasteiger partial charge in [0, 0.05) is 60.9 Å². The summed E-state index contributed by atoms with van der Waals surface area (Å²) in [5.74, 6) is 0.184. The molecule has 0 aliphatic carbocycles. The van der Waals surface area contributed by atoms with Crippen LogP contribution < -0.4 is 15.5 Å². The molecule has 3 heterocycles. The third-order valence-corrected chi connectivity index (χ3v) is 7.18. The van der Waals surface area contributed by atoms with Crippen LogP contribution in [0.3, 0.4) is 0 Å². The van der Waals surface area contributed by atoms with Crippen LogP contribution >= 0.6 is 0 Å². The number of hydrogen-bond acceptors (Lipinski definition) is 9. The number of likely N-dealkylation sites (tertiary alicyclic amines) is 1. The van der Waals surface area contributed by atoms with Crippen molar-refractivity contribution in [2.75, 3.05) is 42.9 Å². The van der Waals surface area contributed by atoms with Gasteiger partial charge in [0.25, 0.3) is 5.91 Å². The van der Waals surface area contributed by atoms with Gasteiger partial charge in [-0.25, -0.2) is 9.97 Å². The van der Waals surface area contributed by atoms with Crippen molar-refractivity contribution in [1.82, 2.24) is 20.2 Å². The summed E-state index contributed by atoms with van der Waals surface area (Å²) in [6.07, 6.45) is 2.44. The molecular formula is C28H31N7O3. The summed E-state index contributed by atoms with van der Waals surface area (Å²) in [6, 6.07) is 19.4. The summed E-state index contributed by atoms with van der Waals surface area (Å²) in [5.41, 5.74) is 4.09. The van der Waals surface area contributed by atoms with Gasteiger partial charge < -0.3 is 25.7 Å². The number of β-amino-alcohol motifs (C(OH)–C–C–N with tert-alkyl or cyclic N) is 2. The molecule has 3 aromatic rings. The monoisotopic (exact) mass is 513 g/mol. The minimum atomic E-state index is -0.632. The summed E-state index contributed by atoms with van der Waals surface area (Å²) < 4.78 is 0. The van der Waals surface area contributed by atoms with Crippen molar-refractivity contribution in [2.24, 2.45) is 0 Å².